The molecule has 1 heterocycles. The lowest BCUT2D eigenvalue weighted by Crippen LogP contribution is -2.13. The summed E-state index contributed by atoms with van der Waals surface area (Å²) in [6.07, 6.45) is 1.01. The first kappa shape index (κ1) is 14.6. The van der Waals surface area contributed by atoms with Crippen LogP contribution >= 0.6 is 11.6 Å². The van der Waals surface area contributed by atoms with Crippen LogP contribution in [0.3, 0.4) is 0 Å². The molecule has 0 saturated heterocycles. The molecular weight excluding hydrogens is 264 g/mol. The van der Waals surface area contributed by atoms with Crippen LogP contribution in [0.4, 0.5) is 0 Å². The van der Waals surface area contributed by atoms with Crippen LogP contribution in [0.25, 0.3) is 0 Å². The molecule has 4 heteroatoms. The smallest absolute Gasteiger partial charge is 0.119 e. The van der Waals surface area contributed by atoms with Crippen molar-refractivity contribution in [3.8, 4) is 5.75 Å². The number of alkyl halides is 1. The van der Waals surface area contributed by atoms with Crippen LogP contribution in [0.15, 0.2) is 18.2 Å². The molecule has 0 spiro atoms. The van der Waals surface area contributed by atoms with Crippen molar-refractivity contribution in [2.45, 2.75) is 25.4 Å². The molecule has 2 unspecified atom stereocenters. The van der Waals surface area contributed by atoms with Crippen molar-refractivity contribution in [1.82, 2.24) is 0 Å². The Morgan fingerprint density at radius 1 is 1.37 bits per heavy atom. The fraction of sp³-hybridized carbons (Fsp3) is 0.600. The van der Waals surface area contributed by atoms with E-state index < -0.39 is 0 Å². The van der Waals surface area contributed by atoms with Crippen molar-refractivity contribution in [1.29, 1.82) is 0 Å². The lowest BCUT2D eigenvalue weighted by atomic mass is 9.92. The van der Waals surface area contributed by atoms with E-state index >= 15 is 0 Å². The maximum absolute atomic E-state index is 5.91. The molecule has 1 aliphatic heterocycles. The van der Waals surface area contributed by atoms with Crippen LogP contribution in [0, 0.1) is 0 Å². The molecule has 0 amide bonds. The Kier molecular flexibility index (Phi) is 5.49. The van der Waals surface area contributed by atoms with E-state index in [4.69, 9.17) is 25.8 Å². The molecule has 0 aromatic heterocycles. The zero-order valence-corrected chi connectivity index (χ0v) is 12.3. The first-order valence-electron chi connectivity index (χ1n) is 6.69. The molecule has 0 fully saturated rings. The van der Waals surface area contributed by atoms with Crippen molar-refractivity contribution in [3.63, 3.8) is 0 Å². The highest BCUT2D eigenvalue weighted by Gasteiger charge is 2.23. The Bertz CT molecular complexity index is 408. The topological polar surface area (TPSA) is 27.7 Å². The molecule has 19 heavy (non-hydrogen) atoms. The number of hydrogen-bond acceptors (Lipinski definition) is 3. The van der Waals surface area contributed by atoms with Gasteiger partial charge < -0.3 is 14.2 Å². The number of rotatable bonds is 5. The zero-order chi connectivity index (χ0) is 13.7. The summed E-state index contributed by atoms with van der Waals surface area (Å²) in [5.74, 6) is 1.88. The van der Waals surface area contributed by atoms with Gasteiger partial charge >= 0.3 is 0 Å². The van der Waals surface area contributed by atoms with Crippen LogP contribution in [-0.4, -0.2) is 32.8 Å². The van der Waals surface area contributed by atoms with Gasteiger partial charge in [0.05, 0.1) is 20.3 Å². The summed E-state index contributed by atoms with van der Waals surface area (Å²) in [4.78, 5) is 0. The van der Waals surface area contributed by atoms with E-state index in [1.807, 2.05) is 6.07 Å². The van der Waals surface area contributed by atoms with Gasteiger partial charge in [0.1, 0.15) is 11.9 Å². The minimum absolute atomic E-state index is 0.00549. The van der Waals surface area contributed by atoms with Crippen molar-refractivity contribution < 1.29 is 14.2 Å². The molecule has 0 saturated carbocycles. The first-order valence-corrected chi connectivity index (χ1v) is 7.23. The second-order valence-corrected chi connectivity index (χ2v) is 5.19. The third-order valence-electron chi connectivity index (χ3n) is 3.53. The Labute approximate surface area is 119 Å². The van der Waals surface area contributed by atoms with Gasteiger partial charge in [-0.2, -0.15) is 0 Å². The SMILES string of the molecule is COc1ccc2c(c1)C(C)CCOC2COCCCl. The molecule has 0 radical (unpaired) electrons. The van der Waals surface area contributed by atoms with E-state index in [0.29, 0.717) is 25.0 Å². The Morgan fingerprint density at radius 2 is 2.21 bits per heavy atom. The van der Waals surface area contributed by atoms with Crippen LogP contribution in [0.5, 0.6) is 5.75 Å². The van der Waals surface area contributed by atoms with Crippen LogP contribution < -0.4 is 4.74 Å². The van der Waals surface area contributed by atoms with Crippen molar-refractivity contribution in [3.05, 3.63) is 29.3 Å². The standard InChI is InChI=1S/C15H21ClO3/c1-11-5-7-19-15(10-18-8-6-16)13-4-3-12(17-2)9-14(11)13/h3-4,9,11,15H,5-8,10H2,1-2H3. The van der Waals surface area contributed by atoms with Gasteiger partial charge in [0, 0.05) is 12.5 Å². The summed E-state index contributed by atoms with van der Waals surface area (Å²) >= 11 is 5.63. The van der Waals surface area contributed by atoms with Crippen molar-refractivity contribution in [2.75, 3.05) is 32.8 Å². The first-order chi connectivity index (χ1) is 9.26. The second-order valence-electron chi connectivity index (χ2n) is 4.81. The summed E-state index contributed by atoms with van der Waals surface area (Å²) in [6, 6.07) is 6.18. The van der Waals surface area contributed by atoms with Gasteiger partial charge in [0.15, 0.2) is 0 Å². The Balaban J connectivity index is 2.21. The average Bonchev–Trinajstić information content (AvgIpc) is 2.59. The van der Waals surface area contributed by atoms with Gasteiger partial charge in [-0.25, -0.2) is 0 Å². The van der Waals surface area contributed by atoms with E-state index in [1.54, 1.807) is 7.11 Å². The van der Waals surface area contributed by atoms with Gasteiger partial charge in [-0.1, -0.05) is 13.0 Å². The van der Waals surface area contributed by atoms with Crippen molar-refractivity contribution in [2.24, 2.45) is 0 Å². The van der Waals surface area contributed by atoms with Crippen LogP contribution in [-0.2, 0) is 9.47 Å². The summed E-state index contributed by atoms with van der Waals surface area (Å²) < 4.78 is 16.8. The normalized spacial score (nSPS) is 22.7. The highest BCUT2D eigenvalue weighted by atomic mass is 35.5. The molecule has 0 aliphatic carbocycles. The number of ether oxygens (including phenoxy) is 3. The molecule has 1 aromatic rings. The van der Waals surface area contributed by atoms with Crippen LogP contribution in [0.1, 0.15) is 36.5 Å². The summed E-state index contributed by atoms with van der Waals surface area (Å²) in [6.45, 7) is 4.10. The average molecular weight is 285 g/mol. The fourth-order valence-electron chi connectivity index (χ4n) is 2.41. The molecule has 1 aromatic carbocycles. The van der Waals surface area contributed by atoms with E-state index in [2.05, 4.69) is 19.1 Å². The Hall–Kier alpha value is -0.770. The van der Waals surface area contributed by atoms with Gasteiger partial charge in [-0.3, -0.25) is 0 Å². The van der Waals surface area contributed by atoms with Gasteiger partial charge in [-0.15, -0.1) is 11.6 Å². The highest BCUT2D eigenvalue weighted by Crippen LogP contribution is 2.35. The van der Waals surface area contributed by atoms with E-state index in [9.17, 15) is 0 Å². The molecule has 3 nitrogen and oxygen atoms in total. The number of halogens is 1. The number of hydrogen-bond donors (Lipinski definition) is 0. The lowest BCUT2D eigenvalue weighted by molar-refractivity contribution is -0.0125. The lowest BCUT2D eigenvalue weighted by Gasteiger charge is -2.19. The van der Waals surface area contributed by atoms with E-state index in [1.165, 1.54) is 11.1 Å². The molecule has 1 aliphatic rings. The largest absolute Gasteiger partial charge is 0.497 e. The molecule has 2 atom stereocenters. The predicted molar refractivity (Wildman–Crippen MR) is 76.3 cm³/mol. The summed E-state index contributed by atoms with van der Waals surface area (Å²) in [5.41, 5.74) is 2.51. The molecule has 0 N–H and O–H groups in total. The molecule has 0 bridgehead atoms. The third-order valence-corrected chi connectivity index (χ3v) is 3.69. The number of methoxy groups -OCH3 is 1. The van der Waals surface area contributed by atoms with E-state index in [-0.39, 0.29) is 6.10 Å². The third kappa shape index (κ3) is 3.62. The predicted octanol–water partition coefficient (Wildman–Crippen LogP) is 3.52. The molecular formula is C15H21ClO3. The molecule has 106 valence electrons. The van der Waals surface area contributed by atoms with Crippen molar-refractivity contribution >= 4 is 11.6 Å². The Morgan fingerprint density at radius 3 is 2.95 bits per heavy atom. The summed E-state index contributed by atoms with van der Waals surface area (Å²) in [5, 5.41) is 0. The number of benzene rings is 1. The summed E-state index contributed by atoms with van der Waals surface area (Å²) in [7, 11) is 1.70. The quantitative estimate of drug-likeness (QED) is 0.612. The maximum Gasteiger partial charge on any atom is 0.119 e. The second kappa shape index (κ2) is 7.13. The maximum atomic E-state index is 5.91. The van der Waals surface area contributed by atoms with Gasteiger partial charge in [-0.05, 0) is 35.6 Å². The fourth-order valence-corrected chi connectivity index (χ4v) is 2.52. The monoisotopic (exact) mass is 284 g/mol. The highest BCUT2D eigenvalue weighted by molar-refractivity contribution is 6.17. The van der Waals surface area contributed by atoms with Gasteiger partial charge in [0.2, 0.25) is 0 Å². The van der Waals surface area contributed by atoms with Gasteiger partial charge in [0.25, 0.3) is 0 Å². The minimum Gasteiger partial charge on any atom is -0.497 e. The minimum atomic E-state index is -0.00549. The molecule has 2 rings (SSSR count). The van der Waals surface area contributed by atoms with E-state index in [0.717, 1.165) is 18.8 Å². The zero-order valence-electron chi connectivity index (χ0n) is 11.5. The number of fused-ring (bicyclic) bond motifs is 1. The van der Waals surface area contributed by atoms with Crippen LogP contribution in [0.2, 0.25) is 0 Å².